The van der Waals surface area contributed by atoms with Crippen LogP contribution in [-0.2, 0) is 4.79 Å². The van der Waals surface area contributed by atoms with E-state index in [1.54, 1.807) is 6.07 Å². The number of carbonyl (C=O) groups excluding carboxylic acids is 2. The molecule has 0 aliphatic rings. The molecule has 0 spiro atoms. The molecular weight excluding hydrogens is 222 g/mol. The Hall–Kier alpha value is -2.15. The minimum Gasteiger partial charge on any atom is -0.370 e. The van der Waals surface area contributed by atoms with E-state index in [0.717, 1.165) is 0 Å². The van der Waals surface area contributed by atoms with Crippen molar-refractivity contribution in [2.75, 3.05) is 12.0 Å². The van der Waals surface area contributed by atoms with Gasteiger partial charge in [0, 0.05) is 19.2 Å². The summed E-state index contributed by atoms with van der Waals surface area (Å²) in [5.41, 5.74) is 8.22. The van der Waals surface area contributed by atoms with Crippen LogP contribution in [0.15, 0.2) is 18.5 Å². The van der Waals surface area contributed by atoms with E-state index in [4.69, 9.17) is 11.6 Å². The fraction of sp³-hybridized carbons (Fsp3) is 0.300. The van der Waals surface area contributed by atoms with Gasteiger partial charge in [-0.25, -0.2) is 0 Å². The van der Waals surface area contributed by atoms with Crippen LogP contribution in [0.3, 0.4) is 0 Å². The third kappa shape index (κ3) is 4.07. The largest absolute Gasteiger partial charge is 0.370 e. The molecule has 1 rings (SSSR count). The fourth-order valence-corrected chi connectivity index (χ4v) is 1.27. The Morgan fingerprint density at radius 3 is 2.82 bits per heavy atom. The van der Waals surface area contributed by atoms with Crippen LogP contribution in [0.2, 0.25) is 0 Å². The second kappa shape index (κ2) is 6.44. The average Bonchev–Trinajstić information content (AvgIpc) is 2.34. The van der Waals surface area contributed by atoms with Gasteiger partial charge in [-0.1, -0.05) is 0 Å². The highest BCUT2D eigenvalue weighted by Crippen LogP contribution is 2.11. The molecule has 0 fully saturated rings. The van der Waals surface area contributed by atoms with Crippen LogP contribution in [0.4, 0.5) is 5.69 Å². The van der Waals surface area contributed by atoms with E-state index in [2.05, 4.69) is 15.7 Å². The lowest BCUT2D eigenvalue weighted by molar-refractivity contribution is -0.118. The van der Waals surface area contributed by atoms with E-state index >= 15 is 0 Å². The van der Waals surface area contributed by atoms with E-state index in [1.807, 2.05) is 0 Å². The summed E-state index contributed by atoms with van der Waals surface area (Å²) in [5, 5.41) is 2.66. The number of amides is 2. The van der Waals surface area contributed by atoms with Crippen LogP contribution >= 0.6 is 0 Å². The number of primary amides is 1. The summed E-state index contributed by atoms with van der Waals surface area (Å²) >= 11 is 0. The van der Waals surface area contributed by atoms with Gasteiger partial charge in [0.15, 0.2) is 0 Å². The molecule has 1 aromatic rings. The van der Waals surface area contributed by atoms with Gasteiger partial charge in [0.1, 0.15) is 0 Å². The van der Waals surface area contributed by atoms with Crippen LogP contribution in [-0.4, -0.2) is 23.3 Å². The van der Waals surface area contributed by atoms with E-state index < -0.39 is 0 Å². The molecule has 0 saturated carbocycles. The molecule has 6 N–H and O–H groups in total. The molecule has 0 aromatic carbocycles. The number of nitrogens with two attached hydrogens (primary N) is 2. The molecule has 0 radical (unpaired) electrons. The minimum atomic E-state index is -0.382. The van der Waals surface area contributed by atoms with E-state index in [9.17, 15) is 9.59 Å². The molecule has 92 valence electrons. The minimum absolute atomic E-state index is 0.249. The summed E-state index contributed by atoms with van der Waals surface area (Å²) in [5.74, 6) is 4.60. The number of nitrogen functional groups attached to an aromatic ring is 1. The number of pyridine rings is 1. The number of hydrogen-bond acceptors (Lipinski definition) is 5. The van der Waals surface area contributed by atoms with E-state index in [1.165, 1.54) is 12.4 Å². The molecular formula is C10H15N5O2. The monoisotopic (exact) mass is 237 g/mol. The number of carbonyl (C=O) groups is 2. The number of nitrogens with one attached hydrogen (secondary N) is 2. The fourth-order valence-electron chi connectivity index (χ4n) is 1.27. The molecule has 0 unspecified atom stereocenters. The summed E-state index contributed by atoms with van der Waals surface area (Å²) in [4.78, 5) is 26.0. The number of rotatable bonds is 6. The highest BCUT2D eigenvalue weighted by Gasteiger charge is 2.09. The van der Waals surface area contributed by atoms with Gasteiger partial charge in [0.2, 0.25) is 5.91 Å². The van der Waals surface area contributed by atoms with Crippen molar-refractivity contribution in [3.8, 4) is 0 Å². The molecule has 0 aliphatic heterocycles. The predicted molar refractivity (Wildman–Crippen MR) is 62.8 cm³/mol. The van der Waals surface area contributed by atoms with Gasteiger partial charge in [-0.05, 0) is 12.5 Å². The maximum absolute atomic E-state index is 11.7. The highest BCUT2D eigenvalue weighted by atomic mass is 16.2. The number of aromatic nitrogens is 1. The van der Waals surface area contributed by atoms with E-state index in [-0.39, 0.29) is 18.2 Å². The molecule has 1 aromatic heterocycles. The van der Waals surface area contributed by atoms with Gasteiger partial charge in [-0.15, -0.1) is 0 Å². The third-order valence-corrected chi connectivity index (χ3v) is 2.11. The Balaban J connectivity index is 2.49. The lowest BCUT2D eigenvalue weighted by Gasteiger charge is -2.08. The van der Waals surface area contributed by atoms with Gasteiger partial charge >= 0.3 is 0 Å². The molecule has 2 amide bonds. The Bertz CT molecular complexity index is 407. The van der Waals surface area contributed by atoms with Crippen LogP contribution in [0.25, 0.3) is 0 Å². The summed E-state index contributed by atoms with van der Waals surface area (Å²) < 4.78 is 0. The molecule has 17 heavy (non-hydrogen) atoms. The van der Waals surface area contributed by atoms with Gasteiger partial charge in [0.05, 0.1) is 17.4 Å². The molecule has 1 heterocycles. The first-order valence-corrected chi connectivity index (χ1v) is 5.12. The maximum atomic E-state index is 11.7. The number of anilines is 1. The molecule has 0 bridgehead atoms. The van der Waals surface area contributed by atoms with Gasteiger partial charge in [-0.2, -0.15) is 0 Å². The lowest BCUT2D eigenvalue weighted by atomic mass is 10.2. The summed E-state index contributed by atoms with van der Waals surface area (Å²) in [7, 11) is 0. The van der Waals surface area contributed by atoms with Crippen LogP contribution in [0, 0.1) is 0 Å². The number of hydrogen-bond donors (Lipinski definition) is 4. The molecule has 0 aliphatic carbocycles. The van der Waals surface area contributed by atoms with E-state index in [0.29, 0.717) is 24.2 Å². The Kier molecular flexibility index (Phi) is 4.89. The first kappa shape index (κ1) is 12.9. The number of hydrazine groups is 1. The quantitative estimate of drug-likeness (QED) is 0.298. The van der Waals surface area contributed by atoms with Crippen molar-refractivity contribution in [3.63, 3.8) is 0 Å². The number of nitrogens with zero attached hydrogens (tertiary/aromatic N) is 1. The summed E-state index contributed by atoms with van der Waals surface area (Å²) in [6.07, 6.45) is 3.72. The van der Waals surface area contributed by atoms with Crippen molar-refractivity contribution in [2.24, 2.45) is 11.6 Å². The third-order valence-electron chi connectivity index (χ3n) is 2.11. The van der Waals surface area contributed by atoms with Crippen molar-refractivity contribution < 1.29 is 9.59 Å². The van der Waals surface area contributed by atoms with Crippen molar-refractivity contribution in [1.82, 2.24) is 10.3 Å². The van der Waals surface area contributed by atoms with Crippen molar-refractivity contribution in [1.29, 1.82) is 0 Å². The van der Waals surface area contributed by atoms with Crippen molar-refractivity contribution in [3.05, 3.63) is 24.0 Å². The summed E-state index contributed by atoms with van der Waals surface area (Å²) in [6, 6.07) is 1.55. The van der Waals surface area contributed by atoms with Gasteiger partial charge in [-0.3, -0.25) is 20.4 Å². The molecule has 7 nitrogen and oxygen atoms in total. The zero-order valence-electron chi connectivity index (χ0n) is 9.27. The van der Waals surface area contributed by atoms with Crippen molar-refractivity contribution >= 4 is 17.5 Å². The predicted octanol–water partition coefficient (Wildman–Crippen LogP) is -0.637. The normalized spacial score (nSPS) is 9.71. The Morgan fingerprint density at radius 1 is 1.41 bits per heavy atom. The standard InChI is InChI=1S/C10H15N5O2/c11-9(16)2-1-4-14-10(17)7-3-5-13-6-8(7)15-12/h3,5-6,15H,1-2,4,12H2,(H2,11,16)(H,14,17). The average molecular weight is 237 g/mol. The first-order chi connectivity index (χ1) is 8.15. The van der Waals surface area contributed by atoms with Crippen LogP contribution < -0.4 is 22.3 Å². The van der Waals surface area contributed by atoms with Crippen molar-refractivity contribution in [2.45, 2.75) is 12.8 Å². The second-order valence-corrected chi connectivity index (χ2v) is 3.39. The maximum Gasteiger partial charge on any atom is 0.253 e. The smallest absolute Gasteiger partial charge is 0.253 e. The van der Waals surface area contributed by atoms with Gasteiger partial charge in [0.25, 0.3) is 5.91 Å². The van der Waals surface area contributed by atoms with Crippen LogP contribution in [0.1, 0.15) is 23.2 Å². The SMILES string of the molecule is NNc1cnccc1C(=O)NCCCC(N)=O. The molecule has 7 heteroatoms. The topological polar surface area (TPSA) is 123 Å². The molecule has 0 atom stereocenters. The second-order valence-electron chi connectivity index (χ2n) is 3.39. The zero-order valence-corrected chi connectivity index (χ0v) is 9.27. The lowest BCUT2D eigenvalue weighted by Crippen LogP contribution is -2.27. The zero-order chi connectivity index (χ0) is 12.7. The molecule has 0 saturated heterocycles. The highest BCUT2D eigenvalue weighted by molar-refractivity contribution is 5.99. The van der Waals surface area contributed by atoms with Gasteiger partial charge < -0.3 is 16.5 Å². The Morgan fingerprint density at radius 2 is 2.18 bits per heavy atom. The summed E-state index contributed by atoms with van der Waals surface area (Å²) in [6.45, 7) is 0.383. The van der Waals surface area contributed by atoms with Crippen LogP contribution in [0.5, 0.6) is 0 Å². The first-order valence-electron chi connectivity index (χ1n) is 5.12. The Labute approximate surface area is 98.5 Å².